The van der Waals surface area contributed by atoms with Gasteiger partial charge in [0.15, 0.2) is 5.78 Å². The first-order valence-electron chi connectivity index (χ1n) is 8.83. The van der Waals surface area contributed by atoms with Gasteiger partial charge in [-0.2, -0.15) is 0 Å². The molecule has 0 saturated heterocycles. The third-order valence-electron chi connectivity index (χ3n) is 4.41. The van der Waals surface area contributed by atoms with E-state index in [-0.39, 0.29) is 5.92 Å². The summed E-state index contributed by atoms with van der Waals surface area (Å²) in [7, 11) is -3.35. The van der Waals surface area contributed by atoms with Crippen LogP contribution in [0.15, 0.2) is 64.1 Å². The van der Waals surface area contributed by atoms with Crippen LogP contribution in [0, 0.1) is 0 Å². The zero-order chi connectivity index (χ0) is 18.6. The summed E-state index contributed by atoms with van der Waals surface area (Å²) in [6.07, 6.45) is 0.709. The second kappa shape index (κ2) is 8.62. The van der Waals surface area contributed by atoms with Gasteiger partial charge in [-0.25, -0.2) is 0 Å². The highest BCUT2D eigenvalue weighted by molar-refractivity contribution is 9.10. The van der Waals surface area contributed by atoms with E-state index >= 15 is 0 Å². The van der Waals surface area contributed by atoms with Crippen LogP contribution in [0.3, 0.4) is 0 Å². The molecule has 2 atom stereocenters. The summed E-state index contributed by atoms with van der Waals surface area (Å²) < 4.78 is 25.7. The highest BCUT2D eigenvalue weighted by Gasteiger charge is 2.45. The molecule has 1 heterocycles. The van der Waals surface area contributed by atoms with Crippen molar-refractivity contribution in [2.75, 3.05) is 13.2 Å². The van der Waals surface area contributed by atoms with Crippen molar-refractivity contribution in [1.82, 2.24) is 0 Å². The van der Waals surface area contributed by atoms with Crippen molar-refractivity contribution < 1.29 is 13.6 Å². The number of nitrogens with zero attached hydrogens (tertiary/aromatic N) is 1. The molecule has 2 aromatic rings. The van der Waals surface area contributed by atoms with Crippen LogP contribution in [-0.2, 0) is 13.6 Å². The third kappa shape index (κ3) is 4.17. The number of rotatable bonds is 7. The lowest BCUT2D eigenvalue weighted by Crippen LogP contribution is -2.16. The quantitative estimate of drug-likeness (QED) is 0.499. The van der Waals surface area contributed by atoms with Gasteiger partial charge < -0.3 is 9.05 Å². The molecule has 0 saturated carbocycles. The Morgan fingerprint density at radius 2 is 1.65 bits per heavy atom. The van der Waals surface area contributed by atoms with Gasteiger partial charge in [-0.1, -0.05) is 58.4 Å². The lowest BCUT2D eigenvalue weighted by Gasteiger charge is -2.26. The van der Waals surface area contributed by atoms with Gasteiger partial charge in [-0.15, -0.1) is 0 Å². The zero-order valence-corrected chi connectivity index (χ0v) is 17.4. The predicted molar refractivity (Wildman–Crippen MR) is 109 cm³/mol. The molecule has 0 amide bonds. The standard InChI is InChI=1S/C20H23BrNO3P/c1-3-24-26(23,25-4-2)20-18(15-8-6-5-7-9-15)14-19(22-20)16-10-12-17(21)13-11-16/h5-13,18,20H,3-4,14H2,1-2H3/t18-,20-/m0/s1. The molecule has 138 valence electrons. The first kappa shape index (κ1) is 19.5. The van der Waals surface area contributed by atoms with Gasteiger partial charge >= 0.3 is 7.60 Å². The Morgan fingerprint density at radius 3 is 2.23 bits per heavy atom. The van der Waals surface area contributed by atoms with E-state index in [1.807, 2.05) is 56.3 Å². The molecule has 0 aliphatic carbocycles. The van der Waals surface area contributed by atoms with Gasteiger partial charge in [0.25, 0.3) is 0 Å². The minimum atomic E-state index is -3.35. The second-order valence-corrected chi connectivity index (χ2v) is 9.13. The average Bonchev–Trinajstić information content (AvgIpc) is 3.10. The number of hydrogen-bond acceptors (Lipinski definition) is 4. The van der Waals surface area contributed by atoms with E-state index in [0.29, 0.717) is 19.6 Å². The van der Waals surface area contributed by atoms with E-state index in [1.54, 1.807) is 0 Å². The topological polar surface area (TPSA) is 47.9 Å². The van der Waals surface area contributed by atoms with Crippen molar-refractivity contribution in [3.8, 4) is 0 Å². The number of halogens is 1. The van der Waals surface area contributed by atoms with E-state index in [2.05, 4.69) is 28.1 Å². The molecule has 2 aromatic carbocycles. The summed E-state index contributed by atoms with van der Waals surface area (Å²) in [5, 5.41) is 0. The van der Waals surface area contributed by atoms with Crippen LogP contribution >= 0.6 is 23.5 Å². The highest BCUT2D eigenvalue weighted by Crippen LogP contribution is 2.60. The Kier molecular flexibility index (Phi) is 6.46. The van der Waals surface area contributed by atoms with Crippen LogP contribution < -0.4 is 0 Å². The summed E-state index contributed by atoms with van der Waals surface area (Å²) >= 11 is 3.46. The average molecular weight is 436 g/mol. The number of aliphatic imine (C=N–C) groups is 1. The molecular weight excluding hydrogens is 413 g/mol. The van der Waals surface area contributed by atoms with Crippen molar-refractivity contribution in [1.29, 1.82) is 0 Å². The molecule has 0 N–H and O–H groups in total. The monoisotopic (exact) mass is 435 g/mol. The van der Waals surface area contributed by atoms with E-state index in [9.17, 15) is 4.57 Å². The van der Waals surface area contributed by atoms with E-state index in [4.69, 9.17) is 14.0 Å². The summed E-state index contributed by atoms with van der Waals surface area (Å²) in [5.41, 5.74) is 3.08. The number of benzene rings is 2. The number of hydrogen-bond donors (Lipinski definition) is 0. The molecule has 26 heavy (non-hydrogen) atoms. The Bertz CT molecular complexity index is 798. The molecule has 0 aromatic heterocycles. The van der Waals surface area contributed by atoms with Crippen LogP contribution in [0.1, 0.15) is 37.3 Å². The Balaban J connectivity index is 2.01. The molecule has 4 nitrogen and oxygen atoms in total. The van der Waals surface area contributed by atoms with Gasteiger partial charge in [0.1, 0.15) is 0 Å². The molecule has 0 unspecified atom stereocenters. The Hall–Kier alpha value is -1.26. The molecule has 0 bridgehead atoms. The molecule has 1 aliphatic rings. The summed E-state index contributed by atoms with van der Waals surface area (Å²) in [5.74, 6) is -0.553. The van der Waals surface area contributed by atoms with Gasteiger partial charge in [-0.3, -0.25) is 9.56 Å². The molecule has 0 fully saturated rings. The van der Waals surface area contributed by atoms with Crippen molar-refractivity contribution in [3.63, 3.8) is 0 Å². The van der Waals surface area contributed by atoms with Crippen molar-refractivity contribution in [2.24, 2.45) is 4.99 Å². The molecule has 1 aliphatic heterocycles. The fourth-order valence-electron chi connectivity index (χ4n) is 3.28. The minimum absolute atomic E-state index is 0.0289. The van der Waals surface area contributed by atoms with Gasteiger partial charge in [0.05, 0.1) is 13.2 Å². The van der Waals surface area contributed by atoms with Crippen LogP contribution in [0.5, 0.6) is 0 Å². The van der Waals surface area contributed by atoms with Crippen LogP contribution in [-0.4, -0.2) is 24.7 Å². The molecule has 0 radical (unpaired) electrons. The summed E-state index contributed by atoms with van der Waals surface area (Å²) in [6.45, 7) is 4.33. The Morgan fingerprint density at radius 1 is 1.04 bits per heavy atom. The van der Waals surface area contributed by atoms with Crippen LogP contribution in [0.4, 0.5) is 0 Å². The summed E-state index contributed by atoms with van der Waals surface area (Å²) in [4.78, 5) is 4.84. The molecule has 6 heteroatoms. The maximum atomic E-state index is 13.5. The van der Waals surface area contributed by atoms with E-state index in [0.717, 1.165) is 21.3 Å². The van der Waals surface area contributed by atoms with E-state index in [1.165, 1.54) is 0 Å². The molecule has 3 rings (SSSR count). The van der Waals surface area contributed by atoms with Crippen LogP contribution in [0.25, 0.3) is 0 Å². The fraction of sp³-hybridized carbons (Fsp3) is 0.350. The van der Waals surface area contributed by atoms with Crippen molar-refractivity contribution in [3.05, 3.63) is 70.2 Å². The van der Waals surface area contributed by atoms with Gasteiger partial charge in [-0.05, 0) is 43.5 Å². The third-order valence-corrected chi connectivity index (χ3v) is 7.30. The largest absolute Gasteiger partial charge is 0.355 e. The summed E-state index contributed by atoms with van der Waals surface area (Å²) in [6, 6.07) is 18.1. The maximum absolute atomic E-state index is 13.5. The molecular formula is C20H23BrNO3P. The fourth-order valence-corrected chi connectivity index (χ4v) is 5.65. The first-order valence-corrected chi connectivity index (χ1v) is 11.2. The minimum Gasteiger partial charge on any atom is -0.307 e. The normalized spacial score (nSPS) is 20.2. The SMILES string of the molecule is CCOP(=O)(OCC)[C@@H]1N=C(c2ccc(Br)cc2)C[C@H]1c1ccccc1. The lowest BCUT2D eigenvalue weighted by atomic mass is 9.94. The van der Waals surface area contributed by atoms with Crippen molar-refractivity contribution in [2.45, 2.75) is 32.0 Å². The maximum Gasteiger partial charge on any atom is 0.355 e. The van der Waals surface area contributed by atoms with Crippen molar-refractivity contribution >= 4 is 29.2 Å². The smallest absolute Gasteiger partial charge is 0.307 e. The second-order valence-electron chi connectivity index (χ2n) is 6.09. The Labute approximate surface area is 163 Å². The zero-order valence-electron chi connectivity index (χ0n) is 15.0. The van der Waals surface area contributed by atoms with Gasteiger partial charge in [0, 0.05) is 16.1 Å². The molecule has 0 spiro atoms. The van der Waals surface area contributed by atoms with Crippen LogP contribution in [0.2, 0.25) is 0 Å². The first-order chi connectivity index (χ1) is 12.6. The lowest BCUT2D eigenvalue weighted by molar-refractivity contribution is 0.210. The highest BCUT2D eigenvalue weighted by atomic mass is 79.9. The van der Waals surface area contributed by atoms with Gasteiger partial charge in [0.2, 0.25) is 0 Å². The predicted octanol–water partition coefficient (Wildman–Crippen LogP) is 6.02. The van der Waals surface area contributed by atoms with E-state index < -0.39 is 13.4 Å².